The molecule has 0 unspecified atom stereocenters. The molecule has 0 aliphatic rings. The summed E-state index contributed by atoms with van der Waals surface area (Å²) in [5.41, 5.74) is 1.96. The van der Waals surface area contributed by atoms with Crippen LogP contribution in [0, 0.1) is 6.92 Å². The number of alkyl halides is 3. The SMILES string of the molecule is Cc1c(Nc2ccc(C(F)(F)F)cn2)nc(CO)nc1-c1ccc2cccnc2c1.O=S(=O)(O)c1ccccc1. The van der Waals surface area contributed by atoms with Gasteiger partial charge in [-0.05, 0) is 43.3 Å². The van der Waals surface area contributed by atoms with Crippen LogP contribution in [-0.4, -0.2) is 38.0 Å². The Hall–Kier alpha value is -4.46. The van der Waals surface area contributed by atoms with Gasteiger partial charge in [0, 0.05) is 28.9 Å². The molecule has 2 aromatic carbocycles. The predicted octanol–water partition coefficient (Wildman–Crippen LogP) is 5.58. The number of aromatic nitrogens is 4. The van der Waals surface area contributed by atoms with Crippen LogP contribution in [0.25, 0.3) is 22.2 Å². The van der Waals surface area contributed by atoms with Gasteiger partial charge < -0.3 is 10.4 Å². The number of nitrogens with zero attached hydrogens (tertiary/aromatic N) is 4. The van der Waals surface area contributed by atoms with Gasteiger partial charge in [-0.1, -0.05) is 36.4 Å². The molecule has 3 heterocycles. The van der Waals surface area contributed by atoms with Gasteiger partial charge in [-0.25, -0.2) is 15.0 Å². The lowest BCUT2D eigenvalue weighted by Crippen LogP contribution is -2.08. The van der Waals surface area contributed by atoms with E-state index in [0.29, 0.717) is 17.1 Å². The van der Waals surface area contributed by atoms with Gasteiger partial charge in [0.15, 0.2) is 5.82 Å². The van der Waals surface area contributed by atoms with Crippen molar-refractivity contribution in [1.82, 2.24) is 19.9 Å². The summed E-state index contributed by atoms with van der Waals surface area (Å²) >= 11 is 0. The number of nitrogens with one attached hydrogen (secondary N) is 1. The molecule has 5 rings (SSSR count). The summed E-state index contributed by atoms with van der Waals surface area (Å²) in [4.78, 5) is 16.8. The number of benzene rings is 2. The molecular weight excluding hydrogens is 547 g/mol. The quantitative estimate of drug-likeness (QED) is 0.231. The van der Waals surface area contributed by atoms with Crippen molar-refractivity contribution in [1.29, 1.82) is 0 Å². The second kappa shape index (κ2) is 11.7. The zero-order valence-corrected chi connectivity index (χ0v) is 21.6. The smallest absolute Gasteiger partial charge is 0.388 e. The number of fused-ring (bicyclic) bond motifs is 1. The molecule has 3 aromatic heterocycles. The van der Waals surface area contributed by atoms with E-state index in [9.17, 15) is 26.7 Å². The fourth-order valence-electron chi connectivity index (χ4n) is 3.60. The second-order valence-corrected chi connectivity index (χ2v) is 9.80. The molecule has 0 fully saturated rings. The molecule has 3 N–H and O–H groups in total. The van der Waals surface area contributed by atoms with E-state index >= 15 is 0 Å². The maximum atomic E-state index is 12.7. The minimum Gasteiger partial charge on any atom is -0.388 e. The Morgan fingerprint density at radius 2 is 1.68 bits per heavy atom. The number of aliphatic hydroxyl groups excluding tert-OH is 1. The summed E-state index contributed by atoms with van der Waals surface area (Å²) in [6, 6.07) is 19.1. The number of rotatable bonds is 5. The van der Waals surface area contributed by atoms with E-state index in [4.69, 9.17) is 4.55 Å². The Balaban J connectivity index is 0.000000312. The molecule has 13 heteroatoms. The standard InChI is InChI=1S/C21H16F3N5O.C6H6O3S/c1-12-19(14-5-4-13-3-2-8-25-16(13)9-14)27-18(11-30)29-20(12)28-17-7-6-15(10-26-17)21(22,23)24;7-10(8,9)6-4-2-1-3-5-6/h2-10,30H,11H2,1H3,(H,26,27,28,29);1-5H,(H,7,8,9). The summed E-state index contributed by atoms with van der Waals surface area (Å²) in [6.45, 7) is 1.39. The monoisotopic (exact) mass is 569 g/mol. The highest BCUT2D eigenvalue weighted by molar-refractivity contribution is 7.85. The number of hydrogen-bond acceptors (Lipinski definition) is 8. The number of aliphatic hydroxyl groups is 1. The van der Waals surface area contributed by atoms with Crippen LogP contribution in [0.4, 0.5) is 24.8 Å². The lowest BCUT2D eigenvalue weighted by Gasteiger charge is -2.14. The zero-order chi connectivity index (χ0) is 28.9. The van der Waals surface area contributed by atoms with Gasteiger partial charge in [0.05, 0.1) is 21.7 Å². The fraction of sp³-hybridized carbons (Fsp3) is 0.111. The van der Waals surface area contributed by atoms with Crippen molar-refractivity contribution in [3.8, 4) is 11.3 Å². The Kier molecular flexibility index (Phi) is 8.38. The van der Waals surface area contributed by atoms with Crippen molar-refractivity contribution < 1.29 is 31.2 Å². The van der Waals surface area contributed by atoms with Crippen LogP contribution in [-0.2, 0) is 22.9 Å². The van der Waals surface area contributed by atoms with E-state index in [1.807, 2.05) is 30.3 Å². The van der Waals surface area contributed by atoms with Crippen molar-refractivity contribution in [3.05, 3.63) is 102 Å². The Morgan fingerprint density at radius 3 is 2.27 bits per heavy atom. The minimum absolute atomic E-state index is 0.0741. The maximum absolute atomic E-state index is 12.7. The molecule has 5 aromatic rings. The number of hydrogen-bond donors (Lipinski definition) is 3. The third-order valence-electron chi connectivity index (χ3n) is 5.59. The predicted molar refractivity (Wildman–Crippen MR) is 142 cm³/mol. The van der Waals surface area contributed by atoms with Gasteiger partial charge in [0.1, 0.15) is 18.2 Å². The van der Waals surface area contributed by atoms with Crippen LogP contribution in [0.1, 0.15) is 17.0 Å². The first kappa shape index (κ1) is 28.5. The van der Waals surface area contributed by atoms with Crippen LogP contribution < -0.4 is 5.32 Å². The molecule has 0 saturated carbocycles. The number of pyridine rings is 2. The van der Waals surface area contributed by atoms with Gasteiger partial charge in [0.25, 0.3) is 10.1 Å². The highest BCUT2D eigenvalue weighted by Gasteiger charge is 2.30. The van der Waals surface area contributed by atoms with E-state index in [1.165, 1.54) is 18.2 Å². The molecule has 0 bridgehead atoms. The topological polar surface area (TPSA) is 138 Å². The summed E-state index contributed by atoms with van der Waals surface area (Å²) in [5, 5.41) is 13.5. The lowest BCUT2D eigenvalue weighted by atomic mass is 10.0. The van der Waals surface area contributed by atoms with Gasteiger partial charge in [-0.15, -0.1) is 0 Å². The average molecular weight is 570 g/mol. The largest absolute Gasteiger partial charge is 0.417 e. The summed E-state index contributed by atoms with van der Waals surface area (Å²) in [6.07, 6.45) is -2.01. The lowest BCUT2D eigenvalue weighted by molar-refractivity contribution is -0.137. The third kappa shape index (κ3) is 6.94. The Morgan fingerprint density at radius 1 is 0.925 bits per heavy atom. The van der Waals surface area contributed by atoms with Crippen molar-refractivity contribution in [3.63, 3.8) is 0 Å². The molecular formula is C27H22F3N5O4S. The van der Waals surface area contributed by atoms with E-state index in [1.54, 1.807) is 31.3 Å². The Labute approximate surface area is 227 Å². The molecule has 0 aliphatic carbocycles. The highest BCUT2D eigenvalue weighted by atomic mass is 32.2. The minimum atomic E-state index is -4.46. The van der Waals surface area contributed by atoms with Gasteiger partial charge in [-0.3, -0.25) is 9.54 Å². The van der Waals surface area contributed by atoms with Crippen molar-refractivity contribution in [2.75, 3.05) is 5.32 Å². The molecule has 0 spiro atoms. The molecule has 9 nitrogen and oxygen atoms in total. The van der Waals surface area contributed by atoms with Crippen LogP contribution in [0.15, 0.2) is 90.1 Å². The van der Waals surface area contributed by atoms with Gasteiger partial charge >= 0.3 is 6.18 Å². The molecule has 0 aliphatic heterocycles. The average Bonchev–Trinajstić information content (AvgIpc) is 2.94. The normalized spacial score (nSPS) is 11.6. The second-order valence-electron chi connectivity index (χ2n) is 8.37. The van der Waals surface area contributed by atoms with E-state index in [-0.39, 0.29) is 16.5 Å². The van der Waals surface area contributed by atoms with E-state index in [0.717, 1.165) is 28.7 Å². The fourth-order valence-corrected chi connectivity index (χ4v) is 4.10. The summed E-state index contributed by atoms with van der Waals surface area (Å²) in [7, 11) is -4.00. The zero-order valence-electron chi connectivity index (χ0n) is 20.8. The number of halogens is 3. The van der Waals surface area contributed by atoms with Crippen molar-refractivity contribution in [2.45, 2.75) is 24.6 Å². The summed E-state index contributed by atoms with van der Waals surface area (Å²) < 4.78 is 67.5. The first-order valence-corrected chi connectivity index (χ1v) is 13.1. The van der Waals surface area contributed by atoms with Crippen LogP contribution in [0.2, 0.25) is 0 Å². The van der Waals surface area contributed by atoms with Crippen LogP contribution in [0.5, 0.6) is 0 Å². The maximum Gasteiger partial charge on any atom is 0.417 e. The Bertz CT molecular complexity index is 1730. The van der Waals surface area contributed by atoms with Crippen molar-refractivity contribution >= 4 is 32.7 Å². The molecule has 0 radical (unpaired) electrons. The highest BCUT2D eigenvalue weighted by Crippen LogP contribution is 2.31. The van der Waals surface area contributed by atoms with Gasteiger partial charge in [-0.2, -0.15) is 21.6 Å². The molecule has 0 amide bonds. The summed E-state index contributed by atoms with van der Waals surface area (Å²) in [5.74, 6) is 0.711. The first-order valence-electron chi connectivity index (χ1n) is 11.6. The third-order valence-corrected chi connectivity index (χ3v) is 6.46. The van der Waals surface area contributed by atoms with E-state index in [2.05, 4.69) is 25.3 Å². The van der Waals surface area contributed by atoms with E-state index < -0.39 is 28.5 Å². The van der Waals surface area contributed by atoms with Gasteiger partial charge in [0.2, 0.25) is 0 Å². The molecule has 40 heavy (non-hydrogen) atoms. The molecule has 0 saturated heterocycles. The number of anilines is 2. The van der Waals surface area contributed by atoms with Crippen LogP contribution in [0.3, 0.4) is 0 Å². The van der Waals surface area contributed by atoms with Crippen molar-refractivity contribution in [2.24, 2.45) is 0 Å². The molecule has 206 valence electrons. The van der Waals surface area contributed by atoms with Crippen LogP contribution >= 0.6 is 0 Å². The molecule has 0 atom stereocenters. The first-order chi connectivity index (χ1) is 19.0.